The highest BCUT2D eigenvalue weighted by molar-refractivity contribution is 7.99. The minimum absolute atomic E-state index is 1.05. The lowest BCUT2D eigenvalue weighted by molar-refractivity contribution is 0.453. The van der Waals surface area contributed by atoms with Crippen molar-refractivity contribution in [1.82, 2.24) is 0 Å². The van der Waals surface area contributed by atoms with Crippen molar-refractivity contribution in [2.45, 2.75) is 43.8 Å². The van der Waals surface area contributed by atoms with Crippen LogP contribution in [0.3, 0.4) is 0 Å². The number of fused-ring (bicyclic) bond motifs is 3. The van der Waals surface area contributed by atoms with Crippen LogP contribution in [-0.2, 0) is 0 Å². The van der Waals surface area contributed by atoms with Crippen molar-refractivity contribution in [2.24, 2.45) is 5.92 Å². The van der Waals surface area contributed by atoms with Crippen LogP contribution < -0.4 is 0 Å². The zero-order chi connectivity index (χ0) is 6.81. The van der Waals surface area contributed by atoms with E-state index < -0.39 is 0 Å². The van der Waals surface area contributed by atoms with E-state index >= 15 is 0 Å². The Balaban J connectivity index is 2.01. The van der Waals surface area contributed by atoms with Gasteiger partial charge >= 0.3 is 0 Å². The molecular formula is C9H16S. The second-order valence-corrected chi connectivity index (χ2v) is 5.06. The van der Waals surface area contributed by atoms with Gasteiger partial charge in [0.1, 0.15) is 0 Å². The summed E-state index contributed by atoms with van der Waals surface area (Å²) in [4.78, 5) is 0. The molecule has 2 bridgehead atoms. The Hall–Kier alpha value is 0.350. The smallest absolute Gasteiger partial charge is 0.00471 e. The summed E-state index contributed by atoms with van der Waals surface area (Å²) in [6, 6.07) is 0. The van der Waals surface area contributed by atoms with Crippen LogP contribution in [0.15, 0.2) is 0 Å². The molecule has 0 aromatic carbocycles. The van der Waals surface area contributed by atoms with Gasteiger partial charge in [0.2, 0.25) is 0 Å². The topological polar surface area (TPSA) is 0 Å². The van der Waals surface area contributed by atoms with E-state index in [0.29, 0.717) is 0 Å². The van der Waals surface area contributed by atoms with E-state index in [2.05, 4.69) is 11.8 Å². The van der Waals surface area contributed by atoms with E-state index in [-0.39, 0.29) is 0 Å². The van der Waals surface area contributed by atoms with Gasteiger partial charge in [0.15, 0.2) is 0 Å². The molecule has 2 atom stereocenters. The van der Waals surface area contributed by atoms with Crippen LogP contribution in [0.2, 0.25) is 0 Å². The van der Waals surface area contributed by atoms with Gasteiger partial charge in [-0.25, -0.2) is 0 Å². The molecule has 0 aromatic heterocycles. The summed E-state index contributed by atoms with van der Waals surface area (Å²) < 4.78 is 0. The van der Waals surface area contributed by atoms with E-state index in [4.69, 9.17) is 0 Å². The predicted octanol–water partition coefficient (Wildman–Crippen LogP) is 3.07. The third kappa shape index (κ3) is 1.50. The summed E-state index contributed by atoms with van der Waals surface area (Å²) in [6.45, 7) is 0. The first-order valence-electron chi connectivity index (χ1n) is 4.57. The Morgan fingerprint density at radius 3 is 2.90 bits per heavy atom. The molecule has 58 valence electrons. The first-order valence-corrected chi connectivity index (χ1v) is 5.61. The summed E-state index contributed by atoms with van der Waals surface area (Å²) in [6.07, 6.45) is 9.15. The molecule has 0 amide bonds. The molecule has 0 N–H and O–H groups in total. The van der Waals surface area contributed by atoms with Gasteiger partial charge in [0.25, 0.3) is 0 Å². The Morgan fingerprint density at radius 2 is 1.90 bits per heavy atom. The number of hydrogen-bond acceptors (Lipinski definition) is 1. The molecule has 1 heteroatoms. The highest BCUT2D eigenvalue weighted by Gasteiger charge is 2.22. The second-order valence-electron chi connectivity index (χ2n) is 3.66. The lowest BCUT2D eigenvalue weighted by atomic mass is 9.98. The van der Waals surface area contributed by atoms with Crippen LogP contribution in [0.4, 0.5) is 0 Å². The maximum atomic E-state index is 2.24. The second kappa shape index (κ2) is 3.17. The minimum Gasteiger partial charge on any atom is -0.159 e. The molecule has 0 aromatic rings. The van der Waals surface area contributed by atoms with Gasteiger partial charge in [-0.05, 0) is 37.4 Å². The molecule has 0 spiro atoms. The SMILES string of the molecule is C1CC2CCSC(C1)CC2. The van der Waals surface area contributed by atoms with Crippen molar-refractivity contribution in [3.05, 3.63) is 0 Å². The van der Waals surface area contributed by atoms with Crippen LogP contribution in [-0.4, -0.2) is 11.0 Å². The first kappa shape index (κ1) is 7.02. The van der Waals surface area contributed by atoms with Gasteiger partial charge in [-0.3, -0.25) is 0 Å². The number of thioether (sulfide) groups is 1. The van der Waals surface area contributed by atoms with Gasteiger partial charge in [-0.1, -0.05) is 12.8 Å². The van der Waals surface area contributed by atoms with E-state index in [1.807, 2.05) is 0 Å². The molecule has 1 saturated carbocycles. The molecule has 10 heavy (non-hydrogen) atoms. The maximum absolute atomic E-state index is 2.24. The van der Waals surface area contributed by atoms with E-state index in [1.165, 1.54) is 44.3 Å². The Bertz CT molecular complexity index is 89.3. The quantitative estimate of drug-likeness (QED) is 0.519. The summed E-state index contributed by atoms with van der Waals surface area (Å²) >= 11 is 2.24. The van der Waals surface area contributed by atoms with Crippen molar-refractivity contribution in [1.29, 1.82) is 0 Å². The normalized spacial score (nSPS) is 40.8. The molecule has 1 aliphatic heterocycles. The zero-order valence-corrected chi connectivity index (χ0v) is 7.33. The van der Waals surface area contributed by atoms with Gasteiger partial charge in [0.05, 0.1) is 0 Å². The first-order chi connectivity index (χ1) is 4.95. The largest absolute Gasteiger partial charge is 0.159 e. The maximum Gasteiger partial charge on any atom is 0.00471 e. The van der Waals surface area contributed by atoms with Crippen molar-refractivity contribution >= 4 is 11.8 Å². The fourth-order valence-corrected chi connectivity index (χ4v) is 3.64. The Labute approximate surface area is 67.8 Å². The lowest BCUT2D eigenvalue weighted by Crippen LogP contribution is -2.01. The fourth-order valence-electron chi connectivity index (χ4n) is 2.20. The van der Waals surface area contributed by atoms with Crippen LogP contribution in [0.25, 0.3) is 0 Å². The van der Waals surface area contributed by atoms with Gasteiger partial charge in [-0.2, -0.15) is 11.8 Å². The van der Waals surface area contributed by atoms with Gasteiger partial charge < -0.3 is 0 Å². The summed E-state index contributed by atoms with van der Waals surface area (Å²) in [5.74, 6) is 2.56. The average molecular weight is 156 g/mol. The van der Waals surface area contributed by atoms with Crippen molar-refractivity contribution < 1.29 is 0 Å². The summed E-state index contributed by atoms with van der Waals surface area (Å²) in [7, 11) is 0. The molecule has 1 heterocycles. The average Bonchev–Trinajstić information content (AvgIpc) is 2.17. The van der Waals surface area contributed by atoms with Crippen LogP contribution in [0.5, 0.6) is 0 Å². The zero-order valence-electron chi connectivity index (χ0n) is 6.51. The lowest BCUT2D eigenvalue weighted by Gasteiger charge is -2.14. The van der Waals surface area contributed by atoms with Crippen molar-refractivity contribution in [3.8, 4) is 0 Å². The summed E-state index contributed by atoms with van der Waals surface area (Å²) in [5, 5.41) is 1.05. The monoisotopic (exact) mass is 156 g/mol. The third-order valence-corrected chi connectivity index (χ3v) is 4.33. The molecule has 0 nitrogen and oxygen atoms in total. The van der Waals surface area contributed by atoms with E-state index in [0.717, 1.165) is 11.2 Å². The molecule has 0 radical (unpaired) electrons. The van der Waals surface area contributed by atoms with Crippen molar-refractivity contribution in [2.75, 3.05) is 5.75 Å². The molecular weight excluding hydrogens is 140 g/mol. The van der Waals surface area contributed by atoms with Crippen LogP contribution in [0, 0.1) is 5.92 Å². The molecule has 2 unspecified atom stereocenters. The van der Waals surface area contributed by atoms with Crippen LogP contribution >= 0.6 is 11.8 Å². The Kier molecular flexibility index (Phi) is 2.22. The van der Waals surface area contributed by atoms with Gasteiger partial charge in [0, 0.05) is 5.25 Å². The minimum atomic E-state index is 1.05. The number of rotatable bonds is 0. The fraction of sp³-hybridized carbons (Fsp3) is 1.00. The molecule has 1 aliphatic carbocycles. The predicted molar refractivity (Wildman–Crippen MR) is 47.4 cm³/mol. The van der Waals surface area contributed by atoms with E-state index in [9.17, 15) is 0 Å². The molecule has 2 aliphatic rings. The summed E-state index contributed by atoms with van der Waals surface area (Å²) in [5.41, 5.74) is 0. The molecule has 1 saturated heterocycles. The van der Waals surface area contributed by atoms with Gasteiger partial charge in [-0.15, -0.1) is 0 Å². The highest BCUT2D eigenvalue weighted by atomic mass is 32.2. The Morgan fingerprint density at radius 1 is 0.900 bits per heavy atom. The van der Waals surface area contributed by atoms with E-state index in [1.54, 1.807) is 0 Å². The molecule has 2 rings (SSSR count). The highest BCUT2D eigenvalue weighted by Crippen LogP contribution is 2.36. The van der Waals surface area contributed by atoms with Crippen LogP contribution in [0.1, 0.15) is 38.5 Å². The molecule has 2 fully saturated rings. The standard InChI is InChI=1S/C9H16S/c1-2-8-4-5-9(3-1)10-7-6-8/h8-9H,1-7H2. The third-order valence-electron chi connectivity index (χ3n) is 2.92. The number of hydrogen-bond donors (Lipinski definition) is 0. The van der Waals surface area contributed by atoms with Crippen molar-refractivity contribution in [3.63, 3.8) is 0 Å².